The Kier molecular flexibility index (Phi) is 5.89. The summed E-state index contributed by atoms with van der Waals surface area (Å²) < 4.78 is 11.8. The normalized spacial score (nSPS) is 10.7. The van der Waals surface area contributed by atoms with Crippen LogP contribution in [-0.4, -0.2) is 13.2 Å². The monoisotopic (exact) mass is 368 g/mol. The van der Waals surface area contributed by atoms with Crippen molar-refractivity contribution in [2.24, 2.45) is 0 Å². The molecule has 4 aromatic rings. The fourth-order valence-corrected chi connectivity index (χ4v) is 3.47. The zero-order chi connectivity index (χ0) is 19.0. The molecule has 0 aromatic heterocycles. The number of hydrogen-bond acceptors (Lipinski definition) is 2. The van der Waals surface area contributed by atoms with Crippen LogP contribution in [0, 0.1) is 0 Å². The first-order valence-electron chi connectivity index (χ1n) is 9.75. The summed E-state index contributed by atoms with van der Waals surface area (Å²) in [5.41, 5.74) is 2.64. The first-order valence-corrected chi connectivity index (χ1v) is 9.75. The van der Waals surface area contributed by atoms with Crippen LogP contribution in [0.1, 0.15) is 11.1 Å². The quantitative estimate of drug-likeness (QED) is 0.375. The molecular weight excluding hydrogens is 344 g/mol. The molecule has 0 saturated carbocycles. The van der Waals surface area contributed by atoms with Crippen molar-refractivity contribution in [3.8, 4) is 11.5 Å². The smallest absolute Gasteiger partial charge is 0.119 e. The van der Waals surface area contributed by atoms with Gasteiger partial charge in [0, 0.05) is 12.8 Å². The van der Waals surface area contributed by atoms with Crippen LogP contribution in [0.3, 0.4) is 0 Å². The van der Waals surface area contributed by atoms with Crippen LogP contribution in [0.5, 0.6) is 11.5 Å². The van der Waals surface area contributed by atoms with Gasteiger partial charge in [-0.2, -0.15) is 0 Å². The van der Waals surface area contributed by atoms with Gasteiger partial charge in [0.25, 0.3) is 0 Å². The second-order valence-electron chi connectivity index (χ2n) is 6.75. The molecular formula is C26H24O2. The Morgan fingerprint density at radius 3 is 1.29 bits per heavy atom. The highest BCUT2D eigenvalue weighted by molar-refractivity contribution is 5.88. The van der Waals surface area contributed by atoms with E-state index >= 15 is 0 Å². The van der Waals surface area contributed by atoms with E-state index in [2.05, 4.69) is 36.4 Å². The molecule has 0 radical (unpaired) electrons. The third kappa shape index (κ3) is 4.52. The number of para-hydroxylation sites is 2. The van der Waals surface area contributed by atoms with Crippen molar-refractivity contribution in [1.82, 2.24) is 0 Å². The van der Waals surface area contributed by atoms with Crippen LogP contribution in [0.2, 0.25) is 0 Å². The van der Waals surface area contributed by atoms with Gasteiger partial charge in [-0.1, -0.05) is 72.8 Å². The second kappa shape index (κ2) is 9.09. The molecule has 0 heterocycles. The van der Waals surface area contributed by atoms with Gasteiger partial charge in [0.2, 0.25) is 0 Å². The van der Waals surface area contributed by atoms with Gasteiger partial charge in [-0.15, -0.1) is 0 Å². The fourth-order valence-electron chi connectivity index (χ4n) is 3.47. The number of fused-ring (bicyclic) bond motifs is 1. The third-order valence-electron chi connectivity index (χ3n) is 4.87. The maximum atomic E-state index is 5.88. The van der Waals surface area contributed by atoms with E-state index in [1.165, 1.54) is 21.9 Å². The lowest BCUT2D eigenvalue weighted by molar-refractivity contribution is 0.322. The van der Waals surface area contributed by atoms with Gasteiger partial charge < -0.3 is 9.47 Å². The van der Waals surface area contributed by atoms with Crippen molar-refractivity contribution in [1.29, 1.82) is 0 Å². The van der Waals surface area contributed by atoms with E-state index in [9.17, 15) is 0 Å². The molecule has 0 aliphatic rings. The molecule has 2 nitrogen and oxygen atoms in total. The van der Waals surface area contributed by atoms with Crippen LogP contribution >= 0.6 is 0 Å². The molecule has 0 bridgehead atoms. The van der Waals surface area contributed by atoms with Gasteiger partial charge in [-0.3, -0.25) is 0 Å². The van der Waals surface area contributed by atoms with Crippen molar-refractivity contribution in [3.63, 3.8) is 0 Å². The van der Waals surface area contributed by atoms with Crippen LogP contribution in [0.4, 0.5) is 0 Å². The Hall–Kier alpha value is -3.26. The standard InChI is InChI=1S/C26H24O2/c1-3-11-23(12-4-1)27-19-17-21-9-7-16-26-22(10-8-15-25(21)26)18-20-28-24-13-5-2-6-14-24/h1-16H,17-20H2. The van der Waals surface area contributed by atoms with Gasteiger partial charge in [0.15, 0.2) is 0 Å². The Labute approximate surface area is 166 Å². The van der Waals surface area contributed by atoms with Crippen LogP contribution < -0.4 is 9.47 Å². The van der Waals surface area contributed by atoms with E-state index in [4.69, 9.17) is 9.47 Å². The van der Waals surface area contributed by atoms with Crippen molar-refractivity contribution in [3.05, 3.63) is 108 Å². The molecule has 4 aromatic carbocycles. The summed E-state index contributed by atoms with van der Waals surface area (Å²) in [6.07, 6.45) is 1.77. The first-order chi connectivity index (χ1) is 13.9. The average molecular weight is 368 g/mol. The molecule has 0 fully saturated rings. The largest absolute Gasteiger partial charge is 0.493 e. The predicted octanol–water partition coefficient (Wildman–Crippen LogP) is 6.08. The van der Waals surface area contributed by atoms with Crippen molar-refractivity contribution in [2.45, 2.75) is 12.8 Å². The lowest BCUT2D eigenvalue weighted by atomic mass is 9.97. The van der Waals surface area contributed by atoms with Crippen LogP contribution in [0.15, 0.2) is 97.1 Å². The van der Waals surface area contributed by atoms with E-state index < -0.39 is 0 Å². The van der Waals surface area contributed by atoms with Crippen LogP contribution in [0.25, 0.3) is 10.8 Å². The number of hydrogen-bond donors (Lipinski definition) is 0. The summed E-state index contributed by atoms with van der Waals surface area (Å²) >= 11 is 0. The van der Waals surface area contributed by atoms with Gasteiger partial charge in [-0.25, -0.2) is 0 Å². The summed E-state index contributed by atoms with van der Waals surface area (Å²) in [7, 11) is 0. The van der Waals surface area contributed by atoms with E-state index in [0.29, 0.717) is 13.2 Å². The van der Waals surface area contributed by atoms with Gasteiger partial charge >= 0.3 is 0 Å². The van der Waals surface area contributed by atoms with E-state index in [1.54, 1.807) is 0 Å². The summed E-state index contributed by atoms with van der Waals surface area (Å²) in [5.74, 6) is 1.84. The first kappa shape index (κ1) is 18.1. The van der Waals surface area contributed by atoms with Crippen molar-refractivity contribution < 1.29 is 9.47 Å². The number of ether oxygens (including phenoxy) is 2. The van der Waals surface area contributed by atoms with Crippen molar-refractivity contribution in [2.75, 3.05) is 13.2 Å². The minimum Gasteiger partial charge on any atom is -0.493 e. The molecule has 0 N–H and O–H groups in total. The summed E-state index contributed by atoms with van der Waals surface area (Å²) in [6, 6.07) is 33.0. The molecule has 0 amide bonds. The lowest BCUT2D eigenvalue weighted by Gasteiger charge is -2.12. The predicted molar refractivity (Wildman–Crippen MR) is 115 cm³/mol. The van der Waals surface area contributed by atoms with Gasteiger partial charge in [0.05, 0.1) is 13.2 Å². The maximum absolute atomic E-state index is 5.88. The third-order valence-corrected chi connectivity index (χ3v) is 4.87. The molecule has 28 heavy (non-hydrogen) atoms. The molecule has 4 rings (SSSR count). The van der Waals surface area contributed by atoms with Crippen molar-refractivity contribution >= 4 is 10.8 Å². The maximum Gasteiger partial charge on any atom is 0.119 e. The molecule has 0 atom stereocenters. The molecule has 0 saturated heterocycles. The minimum absolute atomic E-state index is 0.671. The highest BCUT2D eigenvalue weighted by atomic mass is 16.5. The highest BCUT2D eigenvalue weighted by Gasteiger charge is 2.06. The zero-order valence-electron chi connectivity index (χ0n) is 15.9. The zero-order valence-corrected chi connectivity index (χ0v) is 15.9. The topological polar surface area (TPSA) is 18.5 Å². The molecule has 2 heteroatoms. The summed E-state index contributed by atoms with van der Waals surface area (Å²) in [4.78, 5) is 0. The number of benzene rings is 4. The van der Waals surface area contributed by atoms with E-state index in [0.717, 1.165) is 24.3 Å². The Morgan fingerprint density at radius 2 is 0.857 bits per heavy atom. The molecule has 140 valence electrons. The summed E-state index contributed by atoms with van der Waals surface area (Å²) in [5, 5.41) is 2.60. The Bertz CT molecular complexity index is 925. The molecule has 0 aliphatic carbocycles. The molecule has 0 aliphatic heterocycles. The lowest BCUT2D eigenvalue weighted by Crippen LogP contribution is -2.04. The number of rotatable bonds is 8. The van der Waals surface area contributed by atoms with Gasteiger partial charge in [0.1, 0.15) is 11.5 Å². The Morgan fingerprint density at radius 1 is 0.429 bits per heavy atom. The molecule has 0 spiro atoms. The second-order valence-corrected chi connectivity index (χ2v) is 6.75. The average Bonchev–Trinajstić information content (AvgIpc) is 2.76. The highest BCUT2D eigenvalue weighted by Crippen LogP contribution is 2.24. The Balaban J connectivity index is 1.43. The molecule has 0 unspecified atom stereocenters. The van der Waals surface area contributed by atoms with Crippen LogP contribution in [-0.2, 0) is 12.8 Å². The van der Waals surface area contributed by atoms with E-state index in [-0.39, 0.29) is 0 Å². The minimum atomic E-state index is 0.671. The fraction of sp³-hybridized carbons (Fsp3) is 0.154. The summed E-state index contributed by atoms with van der Waals surface area (Å²) in [6.45, 7) is 1.34. The SMILES string of the molecule is c1ccc(OCCc2cccc3c(CCOc4ccccc4)cccc23)cc1. The van der Waals surface area contributed by atoms with Gasteiger partial charge in [-0.05, 0) is 46.2 Å². The van der Waals surface area contributed by atoms with E-state index in [1.807, 2.05) is 60.7 Å².